The zero-order valence-corrected chi connectivity index (χ0v) is 19.4. The zero-order valence-electron chi connectivity index (χ0n) is 19.4. The fraction of sp³-hybridized carbons (Fsp3) is 0.500. The van der Waals surface area contributed by atoms with Gasteiger partial charge in [-0.15, -0.1) is 0 Å². The second-order valence-electron chi connectivity index (χ2n) is 9.07. The average Bonchev–Trinajstić information content (AvgIpc) is 3.36. The van der Waals surface area contributed by atoms with E-state index in [1.54, 1.807) is 7.11 Å². The van der Waals surface area contributed by atoms with Gasteiger partial charge >= 0.3 is 6.03 Å². The number of hydrogen-bond acceptors (Lipinski definition) is 6. The molecule has 1 aliphatic heterocycles. The summed E-state index contributed by atoms with van der Waals surface area (Å²) in [6, 6.07) is 5.56. The Morgan fingerprint density at radius 3 is 2.55 bits per heavy atom. The van der Waals surface area contributed by atoms with E-state index in [4.69, 9.17) is 14.2 Å². The highest BCUT2D eigenvalue weighted by Crippen LogP contribution is 2.38. The Morgan fingerprint density at radius 1 is 1.15 bits per heavy atom. The van der Waals surface area contributed by atoms with Crippen molar-refractivity contribution in [1.82, 2.24) is 24.9 Å². The molecule has 9 nitrogen and oxygen atoms in total. The molecule has 5 rings (SSSR count). The van der Waals surface area contributed by atoms with Crippen molar-refractivity contribution in [1.29, 1.82) is 0 Å². The van der Waals surface area contributed by atoms with Gasteiger partial charge in [0.25, 0.3) is 0 Å². The first-order chi connectivity index (χ1) is 15.9. The van der Waals surface area contributed by atoms with Gasteiger partial charge in [0.2, 0.25) is 5.91 Å². The number of methoxy groups -OCH3 is 1. The second-order valence-corrected chi connectivity index (χ2v) is 9.07. The van der Waals surface area contributed by atoms with Crippen LogP contribution in [0.3, 0.4) is 0 Å². The van der Waals surface area contributed by atoms with E-state index < -0.39 is 12.1 Å². The van der Waals surface area contributed by atoms with Gasteiger partial charge < -0.3 is 19.1 Å². The average molecular weight is 452 g/mol. The van der Waals surface area contributed by atoms with E-state index in [0.29, 0.717) is 0 Å². The number of carbonyl (C=O) groups excluding carboxylic acids is 2. The number of nitrogens with zero attached hydrogens (tertiary/aromatic N) is 4. The van der Waals surface area contributed by atoms with Crippen LogP contribution < -0.4 is 5.32 Å². The first kappa shape index (κ1) is 21.6. The lowest BCUT2D eigenvalue weighted by Crippen LogP contribution is -2.49. The number of carbonyl (C=O) groups is 2. The first-order valence-corrected chi connectivity index (χ1v) is 11.4. The molecule has 1 N–H and O–H groups in total. The summed E-state index contributed by atoms with van der Waals surface area (Å²) in [5.74, 6) is 1.29. The third-order valence-electron chi connectivity index (χ3n) is 7.05. The van der Waals surface area contributed by atoms with Crippen LogP contribution in [0.2, 0.25) is 0 Å². The van der Waals surface area contributed by atoms with E-state index in [-0.39, 0.29) is 24.5 Å². The molecule has 3 aromatic rings. The Balaban J connectivity index is 1.61. The first-order valence-electron chi connectivity index (χ1n) is 11.4. The summed E-state index contributed by atoms with van der Waals surface area (Å²) in [7, 11) is 3.26. The lowest BCUT2D eigenvalue weighted by atomic mass is 9.92. The molecular weight excluding hydrogens is 422 g/mol. The predicted molar refractivity (Wildman–Crippen MR) is 122 cm³/mol. The minimum atomic E-state index is -0.462. The number of aryl methyl sites for hydroxylation is 2. The van der Waals surface area contributed by atoms with Crippen LogP contribution in [0.25, 0.3) is 22.2 Å². The highest BCUT2D eigenvalue weighted by molar-refractivity contribution is 5.97. The number of aromatic nitrogens is 3. The molecule has 1 aliphatic carbocycles. The molecule has 1 saturated heterocycles. The Kier molecular flexibility index (Phi) is 5.44. The normalized spacial score (nSPS) is 23.9. The Hall–Kier alpha value is -3.20. The minimum Gasteiger partial charge on any atom is -0.381 e. The third-order valence-corrected chi connectivity index (χ3v) is 7.05. The van der Waals surface area contributed by atoms with Gasteiger partial charge in [0.15, 0.2) is 0 Å². The maximum atomic E-state index is 12.5. The van der Waals surface area contributed by atoms with Crippen molar-refractivity contribution in [2.45, 2.75) is 64.1 Å². The van der Waals surface area contributed by atoms with Gasteiger partial charge in [-0.05, 0) is 57.2 Å². The maximum absolute atomic E-state index is 12.5. The van der Waals surface area contributed by atoms with Crippen LogP contribution in [0.4, 0.5) is 4.79 Å². The lowest BCUT2D eigenvalue weighted by Gasteiger charge is -2.33. The van der Waals surface area contributed by atoms with E-state index >= 15 is 0 Å². The maximum Gasteiger partial charge on any atom is 0.324 e. The number of amides is 3. The van der Waals surface area contributed by atoms with Crippen molar-refractivity contribution < 1.29 is 18.8 Å². The molecule has 0 radical (unpaired) electrons. The van der Waals surface area contributed by atoms with Crippen LogP contribution in [0.1, 0.15) is 61.5 Å². The van der Waals surface area contributed by atoms with Gasteiger partial charge in [-0.2, -0.15) is 0 Å². The molecule has 0 spiro atoms. The zero-order chi connectivity index (χ0) is 23.3. The van der Waals surface area contributed by atoms with Crippen LogP contribution in [-0.2, 0) is 9.53 Å². The number of benzene rings is 1. The van der Waals surface area contributed by atoms with Crippen molar-refractivity contribution in [2.24, 2.45) is 0 Å². The molecule has 2 aromatic heterocycles. The molecule has 2 fully saturated rings. The molecule has 3 heterocycles. The van der Waals surface area contributed by atoms with Gasteiger partial charge in [-0.25, -0.2) is 9.78 Å². The predicted octanol–water partition coefficient (Wildman–Crippen LogP) is 4.05. The molecular formula is C24H29N5O4. The highest BCUT2D eigenvalue weighted by atomic mass is 16.5. The largest absolute Gasteiger partial charge is 0.381 e. The monoisotopic (exact) mass is 451 g/mol. The second kappa shape index (κ2) is 8.30. The van der Waals surface area contributed by atoms with Crippen molar-refractivity contribution in [2.75, 3.05) is 14.2 Å². The van der Waals surface area contributed by atoms with Gasteiger partial charge in [-0.1, -0.05) is 11.2 Å². The summed E-state index contributed by atoms with van der Waals surface area (Å²) >= 11 is 0. The highest BCUT2D eigenvalue weighted by Gasteiger charge is 2.35. The van der Waals surface area contributed by atoms with E-state index in [1.807, 2.05) is 19.9 Å². The number of ether oxygens (including phenoxy) is 1. The number of rotatable bonds is 4. The molecule has 1 aromatic carbocycles. The molecule has 1 saturated carbocycles. The molecule has 0 bridgehead atoms. The summed E-state index contributed by atoms with van der Waals surface area (Å²) < 4.78 is 13.2. The van der Waals surface area contributed by atoms with Crippen LogP contribution in [0, 0.1) is 13.8 Å². The van der Waals surface area contributed by atoms with Crippen molar-refractivity contribution >= 4 is 23.0 Å². The topological polar surface area (TPSA) is 102 Å². The fourth-order valence-corrected chi connectivity index (χ4v) is 5.21. The summed E-state index contributed by atoms with van der Waals surface area (Å²) in [5.41, 5.74) is 4.62. The third kappa shape index (κ3) is 3.70. The SMILES string of the molecule is COC1CCC(n2c([C@@H]3CC(=O)N(C)C(=O)N3)nc3cc(-c4c(C)noc4C)ccc32)CC1. The number of nitrogens with one attached hydrogen (secondary N) is 1. The smallest absolute Gasteiger partial charge is 0.324 e. The summed E-state index contributed by atoms with van der Waals surface area (Å²) in [6.45, 7) is 3.82. The van der Waals surface area contributed by atoms with Crippen LogP contribution in [0.5, 0.6) is 0 Å². The molecule has 3 amide bonds. The number of fused-ring (bicyclic) bond motifs is 1. The van der Waals surface area contributed by atoms with Crippen LogP contribution >= 0.6 is 0 Å². The lowest BCUT2D eigenvalue weighted by molar-refractivity contribution is -0.129. The van der Waals surface area contributed by atoms with Crippen molar-refractivity contribution in [3.63, 3.8) is 0 Å². The van der Waals surface area contributed by atoms with E-state index in [0.717, 1.165) is 70.0 Å². The Bertz CT molecular complexity index is 1180. The number of urea groups is 1. The van der Waals surface area contributed by atoms with E-state index in [9.17, 15) is 9.59 Å². The molecule has 2 aliphatic rings. The van der Waals surface area contributed by atoms with Gasteiger partial charge in [-0.3, -0.25) is 9.69 Å². The molecule has 9 heteroatoms. The van der Waals surface area contributed by atoms with Crippen molar-refractivity contribution in [3.8, 4) is 11.1 Å². The molecule has 174 valence electrons. The Labute approximate surface area is 192 Å². The Morgan fingerprint density at radius 2 is 1.91 bits per heavy atom. The standard InChI is InChI=1S/C24H29N5O4/c1-13-22(14(2)33-27-13)15-5-10-20-18(11-15)25-23(19-12-21(30)28(3)24(31)26-19)29(20)16-6-8-17(32-4)9-7-16/h5,10-11,16-17,19H,6-9,12H2,1-4H3,(H,26,31)/t16?,17?,19-/m0/s1. The summed E-state index contributed by atoms with van der Waals surface area (Å²) in [4.78, 5) is 30.9. The molecule has 0 unspecified atom stereocenters. The van der Waals surface area contributed by atoms with Gasteiger partial charge in [0, 0.05) is 25.8 Å². The van der Waals surface area contributed by atoms with Crippen LogP contribution in [0.15, 0.2) is 22.7 Å². The number of imidazole rings is 1. The number of hydrogen-bond donors (Lipinski definition) is 1. The van der Waals surface area contributed by atoms with Crippen LogP contribution in [-0.4, -0.2) is 51.8 Å². The summed E-state index contributed by atoms with van der Waals surface area (Å²) in [6.07, 6.45) is 4.31. The number of imide groups is 1. The van der Waals surface area contributed by atoms with Gasteiger partial charge in [0.05, 0.1) is 35.3 Å². The van der Waals surface area contributed by atoms with Crippen molar-refractivity contribution in [3.05, 3.63) is 35.5 Å². The molecule has 1 atom stereocenters. The summed E-state index contributed by atoms with van der Waals surface area (Å²) in [5, 5.41) is 7.05. The van der Waals surface area contributed by atoms with E-state index in [1.165, 1.54) is 7.05 Å². The van der Waals surface area contributed by atoms with E-state index in [2.05, 4.69) is 27.2 Å². The molecule has 33 heavy (non-hydrogen) atoms. The fourth-order valence-electron chi connectivity index (χ4n) is 5.21. The minimum absolute atomic E-state index is 0.190. The van der Waals surface area contributed by atoms with Gasteiger partial charge in [0.1, 0.15) is 11.6 Å². The quantitative estimate of drug-likeness (QED) is 0.642.